The van der Waals surface area contributed by atoms with Gasteiger partial charge in [0.1, 0.15) is 0 Å². The van der Waals surface area contributed by atoms with E-state index in [0.29, 0.717) is 0 Å². The van der Waals surface area contributed by atoms with Crippen molar-refractivity contribution < 1.29 is 0 Å². The van der Waals surface area contributed by atoms with Crippen LogP contribution in [0.3, 0.4) is 0 Å². The van der Waals surface area contributed by atoms with Gasteiger partial charge in [0.25, 0.3) is 0 Å². The van der Waals surface area contributed by atoms with E-state index >= 15 is 0 Å². The van der Waals surface area contributed by atoms with E-state index < -0.39 is 0 Å². The number of guanidine groups is 1. The second-order valence-electron chi connectivity index (χ2n) is 7.35. The van der Waals surface area contributed by atoms with E-state index in [-0.39, 0.29) is 0 Å². The van der Waals surface area contributed by atoms with Crippen LogP contribution in [0.25, 0.3) is 0 Å². The van der Waals surface area contributed by atoms with Crippen LogP contribution in [0.1, 0.15) is 30.2 Å². The Kier molecular flexibility index (Phi) is 6.93. The van der Waals surface area contributed by atoms with Gasteiger partial charge in [-0.2, -0.15) is 0 Å². The van der Waals surface area contributed by atoms with Gasteiger partial charge in [-0.1, -0.05) is 24.3 Å². The van der Waals surface area contributed by atoms with Crippen molar-refractivity contribution in [2.24, 2.45) is 12.0 Å². The summed E-state index contributed by atoms with van der Waals surface area (Å²) in [5.74, 6) is 0.989. The van der Waals surface area contributed by atoms with Crippen LogP contribution in [0.2, 0.25) is 0 Å². The summed E-state index contributed by atoms with van der Waals surface area (Å²) in [6, 6.07) is 13.1. The number of hydrogen-bond donors (Lipinski definition) is 1. The van der Waals surface area contributed by atoms with Crippen molar-refractivity contribution in [2.75, 3.05) is 33.2 Å². The molecule has 0 fully saturated rings. The van der Waals surface area contributed by atoms with Crippen molar-refractivity contribution in [1.82, 2.24) is 19.7 Å². The molecule has 0 radical (unpaired) electrons. The van der Waals surface area contributed by atoms with E-state index in [1.807, 2.05) is 0 Å². The molecule has 0 saturated carbocycles. The zero-order chi connectivity index (χ0) is 19.1. The Bertz CT molecular complexity index is 749. The molecular formula is C22H33N5. The highest BCUT2D eigenvalue weighted by molar-refractivity contribution is 5.79. The van der Waals surface area contributed by atoms with E-state index in [1.165, 1.54) is 23.2 Å². The molecule has 5 heteroatoms. The number of aryl methyl sites for hydroxylation is 1. The molecule has 3 rings (SSSR count). The Labute approximate surface area is 163 Å². The molecule has 0 saturated heterocycles. The van der Waals surface area contributed by atoms with E-state index in [9.17, 15) is 0 Å². The zero-order valence-electron chi connectivity index (χ0n) is 17.0. The summed E-state index contributed by atoms with van der Waals surface area (Å²) in [6.45, 7) is 8.08. The molecule has 5 nitrogen and oxygen atoms in total. The van der Waals surface area contributed by atoms with Crippen LogP contribution in [0.15, 0.2) is 47.6 Å². The zero-order valence-corrected chi connectivity index (χ0v) is 17.0. The Morgan fingerprint density at radius 2 is 2.00 bits per heavy atom. The summed E-state index contributed by atoms with van der Waals surface area (Å²) in [5, 5.41) is 3.42. The molecule has 27 heavy (non-hydrogen) atoms. The lowest BCUT2D eigenvalue weighted by Gasteiger charge is -2.28. The number of nitrogens with one attached hydrogen (secondary N) is 1. The molecule has 0 unspecified atom stereocenters. The smallest absolute Gasteiger partial charge is 0.194 e. The maximum atomic E-state index is 4.85. The average Bonchev–Trinajstić information content (AvgIpc) is 3.08. The van der Waals surface area contributed by atoms with Crippen molar-refractivity contribution >= 4 is 5.96 Å². The van der Waals surface area contributed by atoms with Gasteiger partial charge in [-0.15, -0.1) is 0 Å². The number of hydrogen-bond acceptors (Lipinski definition) is 2. The molecule has 1 aromatic carbocycles. The van der Waals surface area contributed by atoms with Gasteiger partial charge in [-0.25, -0.2) is 0 Å². The molecule has 2 aromatic rings. The van der Waals surface area contributed by atoms with Gasteiger partial charge < -0.3 is 14.8 Å². The van der Waals surface area contributed by atoms with Gasteiger partial charge in [0.2, 0.25) is 0 Å². The first-order valence-electron chi connectivity index (χ1n) is 10.1. The maximum absolute atomic E-state index is 4.85. The van der Waals surface area contributed by atoms with Crippen molar-refractivity contribution in [2.45, 2.75) is 32.9 Å². The van der Waals surface area contributed by atoms with Gasteiger partial charge in [-0.05, 0) is 43.0 Å². The van der Waals surface area contributed by atoms with Gasteiger partial charge in [-0.3, -0.25) is 9.89 Å². The summed E-state index contributed by atoms with van der Waals surface area (Å²) in [7, 11) is 4.19. The maximum Gasteiger partial charge on any atom is 0.194 e. The summed E-state index contributed by atoms with van der Waals surface area (Å²) < 4.78 is 2.16. The second-order valence-corrected chi connectivity index (χ2v) is 7.35. The lowest BCUT2D eigenvalue weighted by molar-refractivity contribution is 0.252. The van der Waals surface area contributed by atoms with E-state index in [1.54, 1.807) is 0 Å². The van der Waals surface area contributed by atoms with E-state index in [0.717, 1.165) is 51.6 Å². The average molecular weight is 368 g/mol. The highest BCUT2D eigenvalue weighted by Crippen LogP contribution is 2.18. The Balaban J connectivity index is 1.48. The van der Waals surface area contributed by atoms with Crippen LogP contribution in [0.5, 0.6) is 0 Å². The van der Waals surface area contributed by atoms with Crippen LogP contribution in [0, 0.1) is 0 Å². The predicted octanol–water partition coefficient (Wildman–Crippen LogP) is 2.87. The lowest BCUT2D eigenvalue weighted by Crippen LogP contribution is -2.39. The molecule has 0 bridgehead atoms. The topological polar surface area (TPSA) is 35.8 Å². The molecule has 0 atom stereocenters. The fraction of sp³-hybridized carbons (Fsp3) is 0.500. The quantitative estimate of drug-likeness (QED) is 0.464. The monoisotopic (exact) mass is 367 g/mol. The first kappa shape index (κ1) is 19.5. The Morgan fingerprint density at radius 1 is 1.19 bits per heavy atom. The van der Waals surface area contributed by atoms with E-state index in [2.05, 4.69) is 83.3 Å². The molecule has 2 heterocycles. The van der Waals surface area contributed by atoms with Crippen LogP contribution in [-0.4, -0.2) is 53.6 Å². The molecule has 0 aliphatic carbocycles. The number of benzene rings is 1. The number of aromatic nitrogens is 1. The molecular weight excluding hydrogens is 334 g/mol. The van der Waals surface area contributed by atoms with Gasteiger partial charge in [0.15, 0.2) is 5.96 Å². The normalized spacial score (nSPS) is 14.9. The van der Waals surface area contributed by atoms with Gasteiger partial charge in [0.05, 0.1) is 6.54 Å². The third-order valence-corrected chi connectivity index (χ3v) is 5.25. The number of nitrogens with zero attached hydrogens (tertiary/aromatic N) is 4. The minimum atomic E-state index is 0.859. The molecule has 0 spiro atoms. The van der Waals surface area contributed by atoms with Crippen molar-refractivity contribution in [3.8, 4) is 0 Å². The molecule has 1 aliphatic heterocycles. The highest BCUT2D eigenvalue weighted by Gasteiger charge is 2.15. The minimum absolute atomic E-state index is 0.859. The number of rotatable bonds is 7. The summed E-state index contributed by atoms with van der Waals surface area (Å²) in [6.07, 6.45) is 4.35. The summed E-state index contributed by atoms with van der Waals surface area (Å²) in [5.41, 5.74) is 4.29. The number of aliphatic imine (C=N–C) groups is 1. The molecule has 1 N–H and O–H groups in total. The lowest BCUT2D eigenvalue weighted by atomic mass is 10.00. The summed E-state index contributed by atoms with van der Waals surface area (Å²) in [4.78, 5) is 9.61. The summed E-state index contributed by atoms with van der Waals surface area (Å²) >= 11 is 0. The van der Waals surface area contributed by atoms with Crippen molar-refractivity contribution in [1.29, 1.82) is 0 Å². The Hall–Kier alpha value is -2.27. The fourth-order valence-corrected chi connectivity index (χ4v) is 3.67. The van der Waals surface area contributed by atoms with E-state index in [4.69, 9.17) is 4.99 Å². The molecule has 146 valence electrons. The third kappa shape index (κ3) is 5.36. The standard InChI is InChI=1S/C22H33N5/c1-4-23-22(26(3)18-21-11-7-14-25(21)2)24-13-8-15-27-16-12-19-9-5-6-10-20(19)17-27/h5-7,9-11,14H,4,8,12-13,15-18H2,1-3H3,(H,23,24). The van der Waals surface area contributed by atoms with Gasteiger partial charge >= 0.3 is 0 Å². The van der Waals surface area contributed by atoms with Crippen LogP contribution in [0.4, 0.5) is 0 Å². The third-order valence-electron chi connectivity index (χ3n) is 5.25. The van der Waals surface area contributed by atoms with Crippen LogP contribution in [-0.2, 0) is 26.6 Å². The molecule has 1 aromatic heterocycles. The fourth-order valence-electron chi connectivity index (χ4n) is 3.67. The highest BCUT2D eigenvalue weighted by atomic mass is 15.3. The van der Waals surface area contributed by atoms with Gasteiger partial charge in [0, 0.05) is 58.7 Å². The SMILES string of the molecule is CCNC(=NCCCN1CCc2ccccc2C1)N(C)Cc1cccn1C. The Morgan fingerprint density at radius 3 is 2.74 bits per heavy atom. The van der Waals surface area contributed by atoms with Crippen molar-refractivity contribution in [3.63, 3.8) is 0 Å². The largest absolute Gasteiger partial charge is 0.357 e. The minimum Gasteiger partial charge on any atom is -0.357 e. The number of fused-ring (bicyclic) bond motifs is 1. The predicted molar refractivity (Wildman–Crippen MR) is 113 cm³/mol. The van der Waals surface area contributed by atoms with Crippen molar-refractivity contribution in [3.05, 3.63) is 59.4 Å². The molecule has 0 amide bonds. The first-order valence-corrected chi connectivity index (χ1v) is 10.1. The first-order chi connectivity index (χ1) is 13.2. The second kappa shape index (κ2) is 9.60. The van der Waals surface area contributed by atoms with Crippen LogP contribution < -0.4 is 5.32 Å². The molecule has 1 aliphatic rings. The van der Waals surface area contributed by atoms with Crippen LogP contribution >= 0.6 is 0 Å².